The van der Waals surface area contributed by atoms with E-state index in [0.29, 0.717) is 12.1 Å². The molecule has 19 heavy (non-hydrogen) atoms. The second-order valence-corrected chi connectivity index (χ2v) is 5.49. The molecule has 0 radical (unpaired) electrons. The quantitative estimate of drug-likeness (QED) is 0.825. The molecule has 0 saturated carbocycles. The van der Waals surface area contributed by atoms with Gasteiger partial charge in [-0.1, -0.05) is 24.3 Å². The molecule has 0 aliphatic rings. The fraction of sp³-hybridized carbons (Fsp3) is 0.312. The summed E-state index contributed by atoms with van der Waals surface area (Å²) in [6.45, 7) is 4.39. The fourth-order valence-corrected chi connectivity index (χ4v) is 2.91. The molecule has 0 amide bonds. The summed E-state index contributed by atoms with van der Waals surface area (Å²) in [7, 11) is 0. The van der Waals surface area contributed by atoms with Gasteiger partial charge < -0.3 is 5.32 Å². The minimum Gasteiger partial charge on any atom is -0.304 e. The van der Waals surface area contributed by atoms with E-state index >= 15 is 0 Å². The van der Waals surface area contributed by atoms with Crippen molar-refractivity contribution in [2.24, 2.45) is 0 Å². The van der Waals surface area contributed by atoms with E-state index < -0.39 is 0 Å². The van der Waals surface area contributed by atoms with Crippen molar-refractivity contribution in [3.05, 3.63) is 59.9 Å². The summed E-state index contributed by atoms with van der Waals surface area (Å²) in [5.41, 5.74) is 2.57. The molecule has 1 N–H and O–H groups in total. The molecule has 0 bridgehead atoms. The van der Waals surface area contributed by atoms with Crippen LogP contribution in [0.3, 0.4) is 0 Å². The summed E-state index contributed by atoms with van der Waals surface area (Å²) in [5, 5.41) is 3.63. The van der Waals surface area contributed by atoms with Crippen molar-refractivity contribution in [2.45, 2.75) is 30.8 Å². The molecule has 0 saturated heterocycles. The SMILES string of the molecule is CSc1ccccc1[C@@H](C)NC(C)c1cccnc1. The molecule has 0 aliphatic carbocycles. The van der Waals surface area contributed by atoms with Crippen molar-refractivity contribution in [1.29, 1.82) is 0 Å². The van der Waals surface area contributed by atoms with Gasteiger partial charge in [0.1, 0.15) is 0 Å². The summed E-state index contributed by atoms with van der Waals surface area (Å²) in [5.74, 6) is 0. The maximum absolute atomic E-state index is 4.18. The monoisotopic (exact) mass is 272 g/mol. The molecular weight excluding hydrogens is 252 g/mol. The Hall–Kier alpha value is -1.32. The van der Waals surface area contributed by atoms with Crippen LogP contribution in [0.15, 0.2) is 53.7 Å². The molecule has 0 aliphatic heterocycles. The third kappa shape index (κ3) is 3.58. The van der Waals surface area contributed by atoms with Gasteiger partial charge in [-0.15, -0.1) is 11.8 Å². The number of nitrogens with zero attached hydrogens (tertiary/aromatic N) is 1. The summed E-state index contributed by atoms with van der Waals surface area (Å²) in [4.78, 5) is 5.51. The van der Waals surface area contributed by atoms with Crippen LogP contribution in [0, 0.1) is 0 Å². The van der Waals surface area contributed by atoms with Gasteiger partial charge in [-0.25, -0.2) is 0 Å². The molecule has 2 aromatic rings. The Bertz CT molecular complexity index is 513. The number of aromatic nitrogens is 1. The number of rotatable bonds is 5. The van der Waals surface area contributed by atoms with Crippen molar-refractivity contribution in [2.75, 3.05) is 6.26 Å². The highest BCUT2D eigenvalue weighted by Crippen LogP contribution is 2.27. The van der Waals surface area contributed by atoms with Gasteiger partial charge in [-0.05, 0) is 43.4 Å². The van der Waals surface area contributed by atoms with Crippen LogP contribution in [0.4, 0.5) is 0 Å². The van der Waals surface area contributed by atoms with Crippen LogP contribution in [0.5, 0.6) is 0 Å². The lowest BCUT2D eigenvalue weighted by atomic mass is 10.1. The average Bonchev–Trinajstić information content (AvgIpc) is 2.48. The van der Waals surface area contributed by atoms with Crippen molar-refractivity contribution >= 4 is 11.8 Å². The van der Waals surface area contributed by atoms with E-state index in [4.69, 9.17) is 0 Å². The number of nitrogens with one attached hydrogen (secondary N) is 1. The first-order valence-corrected chi connectivity index (χ1v) is 7.73. The van der Waals surface area contributed by atoms with E-state index in [2.05, 4.69) is 60.7 Å². The van der Waals surface area contributed by atoms with E-state index in [-0.39, 0.29) is 0 Å². The molecule has 0 fully saturated rings. The topological polar surface area (TPSA) is 24.9 Å². The van der Waals surface area contributed by atoms with Gasteiger partial charge in [-0.2, -0.15) is 0 Å². The van der Waals surface area contributed by atoms with E-state index in [1.54, 1.807) is 11.8 Å². The fourth-order valence-electron chi connectivity index (χ4n) is 2.22. The minimum atomic E-state index is 0.290. The lowest BCUT2D eigenvalue weighted by Crippen LogP contribution is -2.23. The number of thioether (sulfide) groups is 1. The largest absolute Gasteiger partial charge is 0.304 e. The Balaban J connectivity index is 2.11. The van der Waals surface area contributed by atoms with Gasteiger partial charge in [0.2, 0.25) is 0 Å². The molecule has 2 rings (SSSR count). The van der Waals surface area contributed by atoms with Crippen LogP contribution in [-0.2, 0) is 0 Å². The van der Waals surface area contributed by atoms with Gasteiger partial charge in [0.05, 0.1) is 0 Å². The van der Waals surface area contributed by atoms with Crippen molar-refractivity contribution in [1.82, 2.24) is 10.3 Å². The Morgan fingerprint density at radius 2 is 1.84 bits per heavy atom. The zero-order valence-corrected chi connectivity index (χ0v) is 12.4. The number of pyridine rings is 1. The van der Waals surface area contributed by atoms with Crippen molar-refractivity contribution in [3.63, 3.8) is 0 Å². The third-order valence-electron chi connectivity index (χ3n) is 3.29. The minimum absolute atomic E-state index is 0.290. The van der Waals surface area contributed by atoms with Gasteiger partial charge in [-0.3, -0.25) is 4.98 Å². The second kappa shape index (κ2) is 6.73. The van der Waals surface area contributed by atoms with E-state index in [0.717, 1.165) is 0 Å². The zero-order valence-electron chi connectivity index (χ0n) is 11.6. The highest BCUT2D eigenvalue weighted by Gasteiger charge is 2.13. The highest BCUT2D eigenvalue weighted by molar-refractivity contribution is 7.98. The summed E-state index contributed by atoms with van der Waals surface area (Å²) in [6, 6.07) is 13.3. The Morgan fingerprint density at radius 1 is 1.05 bits per heavy atom. The predicted molar refractivity (Wildman–Crippen MR) is 82.4 cm³/mol. The smallest absolute Gasteiger partial charge is 0.0315 e. The highest BCUT2D eigenvalue weighted by atomic mass is 32.2. The first kappa shape index (κ1) is 14.1. The van der Waals surface area contributed by atoms with E-state index in [1.807, 2.05) is 18.5 Å². The zero-order chi connectivity index (χ0) is 13.7. The first-order chi connectivity index (χ1) is 9.22. The summed E-state index contributed by atoms with van der Waals surface area (Å²) >= 11 is 1.79. The van der Waals surface area contributed by atoms with Gasteiger partial charge in [0, 0.05) is 29.4 Å². The van der Waals surface area contributed by atoms with Gasteiger partial charge in [0.25, 0.3) is 0 Å². The number of hydrogen-bond acceptors (Lipinski definition) is 3. The van der Waals surface area contributed by atoms with E-state index in [9.17, 15) is 0 Å². The summed E-state index contributed by atoms with van der Waals surface area (Å²) < 4.78 is 0. The standard InChI is InChI=1S/C16H20N2S/c1-12(14-7-6-10-17-11-14)18-13(2)15-8-4-5-9-16(15)19-3/h4-13,18H,1-3H3/t12?,13-/m1/s1. The molecule has 2 nitrogen and oxygen atoms in total. The molecular formula is C16H20N2S. The molecule has 0 spiro atoms. The second-order valence-electron chi connectivity index (χ2n) is 4.64. The van der Waals surface area contributed by atoms with E-state index in [1.165, 1.54) is 16.0 Å². The predicted octanol–water partition coefficient (Wildman–Crippen LogP) is 4.22. The van der Waals surface area contributed by atoms with Crippen LogP contribution in [0.25, 0.3) is 0 Å². The van der Waals surface area contributed by atoms with Crippen molar-refractivity contribution in [3.8, 4) is 0 Å². The molecule has 2 atom stereocenters. The maximum Gasteiger partial charge on any atom is 0.0315 e. The molecule has 1 unspecified atom stereocenters. The Labute approximate surface area is 119 Å². The molecule has 3 heteroatoms. The lowest BCUT2D eigenvalue weighted by Gasteiger charge is -2.22. The van der Waals surface area contributed by atoms with Crippen molar-refractivity contribution < 1.29 is 0 Å². The molecule has 1 aromatic carbocycles. The molecule has 1 aromatic heterocycles. The lowest BCUT2D eigenvalue weighted by molar-refractivity contribution is 0.489. The Morgan fingerprint density at radius 3 is 2.53 bits per heavy atom. The summed E-state index contributed by atoms with van der Waals surface area (Å²) in [6.07, 6.45) is 5.85. The average molecular weight is 272 g/mol. The van der Waals surface area contributed by atoms with Crippen LogP contribution >= 0.6 is 11.8 Å². The van der Waals surface area contributed by atoms with Crippen LogP contribution in [0.1, 0.15) is 37.1 Å². The normalized spacial score (nSPS) is 14.1. The maximum atomic E-state index is 4.18. The third-order valence-corrected chi connectivity index (χ3v) is 4.10. The number of hydrogen-bond donors (Lipinski definition) is 1. The number of benzene rings is 1. The van der Waals surface area contributed by atoms with Crippen LogP contribution in [-0.4, -0.2) is 11.2 Å². The van der Waals surface area contributed by atoms with Gasteiger partial charge >= 0.3 is 0 Å². The molecule has 100 valence electrons. The first-order valence-electron chi connectivity index (χ1n) is 6.51. The Kier molecular flexibility index (Phi) is 5.00. The molecule has 1 heterocycles. The van der Waals surface area contributed by atoms with Crippen LogP contribution < -0.4 is 5.32 Å². The van der Waals surface area contributed by atoms with Gasteiger partial charge in [0.15, 0.2) is 0 Å². The van der Waals surface area contributed by atoms with Crippen LogP contribution in [0.2, 0.25) is 0 Å².